The molecule has 0 amide bonds. The number of ether oxygens (including phenoxy) is 1. The minimum Gasteiger partial charge on any atom is -0.465 e. The first kappa shape index (κ1) is 17.2. The quantitative estimate of drug-likeness (QED) is 0.574. The molecule has 0 unspecified atom stereocenters. The molecule has 1 aromatic carbocycles. The van der Waals surface area contributed by atoms with Gasteiger partial charge in [-0.3, -0.25) is 4.79 Å². The van der Waals surface area contributed by atoms with Crippen molar-refractivity contribution in [3.05, 3.63) is 52.1 Å². The van der Waals surface area contributed by atoms with E-state index in [-0.39, 0.29) is 5.15 Å². The fourth-order valence-electron chi connectivity index (χ4n) is 2.43. The lowest BCUT2D eigenvalue weighted by molar-refractivity contribution is 0.0599. The van der Waals surface area contributed by atoms with E-state index in [0.717, 1.165) is 30.7 Å². The van der Waals surface area contributed by atoms with Gasteiger partial charge in [-0.05, 0) is 18.1 Å². The second-order valence-electron chi connectivity index (χ2n) is 5.16. The molecule has 23 heavy (non-hydrogen) atoms. The van der Waals surface area contributed by atoms with E-state index in [1.54, 1.807) is 16.7 Å². The average molecular weight is 335 g/mol. The third-order valence-electron chi connectivity index (χ3n) is 3.66. The van der Waals surface area contributed by atoms with Crippen molar-refractivity contribution in [2.24, 2.45) is 0 Å². The van der Waals surface area contributed by atoms with Crippen molar-refractivity contribution in [3.63, 3.8) is 0 Å². The maximum atomic E-state index is 11.9. The summed E-state index contributed by atoms with van der Waals surface area (Å²) in [6.07, 6.45) is 3.39. The van der Waals surface area contributed by atoms with E-state index in [1.165, 1.54) is 7.11 Å². The van der Waals surface area contributed by atoms with Gasteiger partial charge in [0.25, 0.3) is 0 Å². The van der Waals surface area contributed by atoms with Crippen LogP contribution in [0.2, 0.25) is 5.15 Å². The Balaban J connectivity index is 2.43. The summed E-state index contributed by atoms with van der Waals surface area (Å²) < 4.78 is 6.58. The van der Waals surface area contributed by atoms with E-state index in [2.05, 4.69) is 11.9 Å². The Morgan fingerprint density at radius 3 is 2.78 bits per heavy atom. The van der Waals surface area contributed by atoms with Crippen molar-refractivity contribution in [2.45, 2.75) is 32.7 Å². The van der Waals surface area contributed by atoms with Crippen LogP contribution in [0.15, 0.2) is 24.3 Å². The Kier molecular flexibility index (Phi) is 5.93. The second-order valence-corrected chi connectivity index (χ2v) is 5.52. The monoisotopic (exact) mass is 334 g/mol. The lowest BCUT2D eigenvalue weighted by Crippen LogP contribution is -2.13. The molecule has 0 bridgehead atoms. The summed E-state index contributed by atoms with van der Waals surface area (Å²) in [6.45, 7) is 2.43. The average Bonchev–Trinajstić information content (AvgIpc) is 2.87. The minimum atomic E-state index is -0.408. The molecule has 0 spiro atoms. The minimum absolute atomic E-state index is 0.196. The van der Waals surface area contributed by atoms with Crippen LogP contribution < -0.4 is 0 Å². The number of imidazole rings is 1. The number of rotatable bonds is 7. The Morgan fingerprint density at radius 1 is 1.39 bits per heavy atom. The first-order valence-corrected chi connectivity index (χ1v) is 7.86. The summed E-state index contributed by atoms with van der Waals surface area (Å²) in [5, 5.41) is 0.196. The lowest BCUT2D eigenvalue weighted by atomic mass is 10.1. The number of carbonyl (C=O) groups excluding carboxylic acids is 2. The van der Waals surface area contributed by atoms with Gasteiger partial charge >= 0.3 is 5.97 Å². The second kappa shape index (κ2) is 7.92. The molecule has 0 fully saturated rings. The van der Waals surface area contributed by atoms with Gasteiger partial charge in [0.05, 0.1) is 19.2 Å². The van der Waals surface area contributed by atoms with E-state index in [9.17, 15) is 9.59 Å². The zero-order valence-corrected chi connectivity index (χ0v) is 14.0. The Hall–Kier alpha value is -2.14. The molecule has 1 aromatic heterocycles. The molecule has 2 rings (SSSR count). The van der Waals surface area contributed by atoms with Gasteiger partial charge in [0, 0.05) is 6.42 Å². The van der Waals surface area contributed by atoms with Crippen LogP contribution in [-0.2, 0) is 17.7 Å². The summed E-state index contributed by atoms with van der Waals surface area (Å²) >= 11 is 6.07. The van der Waals surface area contributed by atoms with E-state index in [4.69, 9.17) is 16.3 Å². The molecular formula is C17H19ClN2O3. The van der Waals surface area contributed by atoms with Gasteiger partial charge in [-0.2, -0.15) is 0 Å². The third-order valence-corrected chi connectivity index (χ3v) is 3.94. The maximum absolute atomic E-state index is 11.9. The third kappa shape index (κ3) is 3.79. The van der Waals surface area contributed by atoms with E-state index in [1.807, 2.05) is 12.1 Å². The summed E-state index contributed by atoms with van der Waals surface area (Å²) in [7, 11) is 1.34. The summed E-state index contributed by atoms with van der Waals surface area (Å²) in [6, 6.07) is 7.15. The van der Waals surface area contributed by atoms with Crippen LogP contribution in [0.5, 0.6) is 0 Å². The fraction of sp³-hybridized carbons (Fsp3) is 0.353. The number of esters is 1. The van der Waals surface area contributed by atoms with Crippen molar-refractivity contribution >= 4 is 23.9 Å². The number of hydrogen-bond acceptors (Lipinski definition) is 4. The highest BCUT2D eigenvalue weighted by molar-refractivity contribution is 6.31. The molecule has 0 radical (unpaired) electrons. The maximum Gasteiger partial charge on any atom is 0.338 e. The number of unbranched alkanes of at least 4 members (excludes halogenated alkanes) is 1. The number of aldehydes is 1. The van der Waals surface area contributed by atoms with Crippen molar-refractivity contribution in [1.29, 1.82) is 0 Å². The van der Waals surface area contributed by atoms with Gasteiger partial charge in [0.1, 0.15) is 11.5 Å². The van der Waals surface area contributed by atoms with Gasteiger partial charge in [0.15, 0.2) is 11.4 Å². The summed E-state index contributed by atoms with van der Waals surface area (Å²) in [5.41, 5.74) is 1.56. The van der Waals surface area contributed by atoms with Crippen molar-refractivity contribution in [1.82, 2.24) is 9.55 Å². The molecular weight excluding hydrogens is 316 g/mol. The Morgan fingerprint density at radius 2 is 2.13 bits per heavy atom. The smallest absolute Gasteiger partial charge is 0.338 e. The van der Waals surface area contributed by atoms with Crippen molar-refractivity contribution in [3.8, 4) is 0 Å². The van der Waals surface area contributed by atoms with Gasteiger partial charge in [0.2, 0.25) is 0 Å². The van der Waals surface area contributed by atoms with Crippen molar-refractivity contribution in [2.75, 3.05) is 7.11 Å². The van der Waals surface area contributed by atoms with Crippen LogP contribution in [0.3, 0.4) is 0 Å². The van der Waals surface area contributed by atoms with Crippen LogP contribution in [0, 0.1) is 0 Å². The Labute approximate surface area is 140 Å². The van der Waals surface area contributed by atoms with Crippen LogP contribution >= 0.6 is 11.6 Å². The van der Waals surface area contributed by atoms with Crippen LogP contribution in [-0.4, -0.2) is 28.9 Å². The SMILES string of the molecule is CCCCc1nc(Cl)c(C=O)n1Cc1ccccc1C(=O)OC. The number of halogens is 1. The molecule has 0 saturated heterocycles. The van der Waals surface area contributed by atoms with E-state index in [0.29, 0.717) is 24.1 Å². The molecule has 0 saturated carbocycles. The topological polar surface area (TPSA) is 61.2 Å². The molecule has 0 aliphatic heterocycles. The first-order chi connectivity index (χ1) is 11.1. The van der Waals surface area contributed by atoms with Crippen molar-refractivity contribution < 1.29 is 14.3 Å². The number of aromatic nitrogens is 2. The van der Waals surface area contributed by atoms with Crippen LogP contribution in [0.1, 0.15) is 52.0 Å². The van der Waals surface area contributed by atoms with Gasteiger partial charge < -0.3 is 9.30 Å². The molecule has 6 heteroatoms. The zero-order valence-electron chi connectivity index (χ0n) is 13.2. The van der Waals surface area contributed by atoms with Gasteiger partial charge in [-0.1, -0.05) is 43.1 Å². The van der Waals surface area contributed by atoms with Crippen LogP contribution in [0.25, 0.3) is 0 Å². The molecule has 122 valence electrons. The normalized spacial score (nSPS) is 10.6. The largest absolute Gasteiger partial charge is 0.465 e. The van der Waals surface area contributed by atoms with Crippen LogP contribution in [0.4, 0.5) is 0 Å². The number of carbonyl (C=O) groups is 2. The molecule has 0 aliphatic rings. The first-order valence-electron chi connectivity index (χ1n) is 7.48. The van der Waals surface area contributed by atoms with Gasteiger partial charge in [-0.25, -0.2) is 9.78 Å². The van der Waals surface area contributed by atoms with Gasteiger partial charge in [-0.15, -0.1) is 0 Å². The highest BCUT2D eigenvalue weighted by atomic mass is 35.5. The number of aryl methyl sites for hydroxylation is 1. The summed E-state index contributed by atoms with van der Waals surface area (Å²) in [5.74, 6) is 0.341. The molecule has 0 N–H and O–H groups in total. The molecule has 0 atom stereocenters. The zero-order chi connectivity index (χ0) is 16.8. The highest BCUT2D eigenvalue weighted by Crippen LogP contribution is 2.21. The predicted octanol–water partition coefficient (Wildman–Crippen LogP) is 3.53. The molecule has 5 nitrogen and oxygen atoms in total. The number of hydrogen-bond donors (Lipinski definition) is 0. The number of nitrogens with zero attached hydrogens (tertiary/aromatic N) is 2. The van der Waals surface area contributed by atoms with E-state index < -0.39 is 5.97 Å². The Bertz CT molecular complexity index is 710. The lowest BCUT2D eigenvalue weighted by Gasteiger charge is -2.12. The number of benzene rings is 1. The molecule has 1 heterocycles. The molecule has 0 aliphatic carbocycles. The summed E-state index contributed by atoms with van der Waals surface area (Å²) in [4.78, 5) is 27.6. The standard InChI is InChI=1S/C17H19ClN2O3/c1-3-4-9-15-19-16(18)14(11-21)20(15)10-12-7-5-6-8-13(12)17(22)23-2/h5-8,11H,3-4,9-10H2,1-2H3. The van der Waals surface area contributed by atoms with E-state index >= 15 is 0 Å². The number of methoxy groups -OCH3 is 1. The molecule has 2 aromatic rings. The fourth-order valence-corrected chi connectivity index (χ4v) is 2.68. The highest BCUT2D eigenvalue weighted by Gasteiger charge is 2.18. The predicted molar refractivity (Wildman–Crippen MR) is 88.1 cm³/mol.